The van der Waals surface area contributed by atoms with Crippen LogP contribution in [0.25, 0.3) is 0 Å². The zero-order chi connectivity index (χ0) is 16.6. The number of fused-ring (bicyclic) bond motifs is 1. The lowest BCUT2D eigenvalue weighted by Gasteiger charge is -2.32. The summed E-state index contributed by atoms with van der Waals surface area (Å²) in [6.07, 6.45) is 5.95. The molecule has 0 saturated heterocycles. The first kappa shape index (κ1) is 16.5. The number of carbonyl (C=O) groups excluding carboxylic acids is 1. The van der Waals surface area contributed by atoms with E-state index in [0.29, 0.717) is 4.90 Å². The van der Waals surface area contributed by atoms with Gasteiger partial charge in [-0.05, 0) is 49.4 Å². The van der Waals surface area contributed by atoms with Crippen molar-refractivity contribution >= 4 is 21.6 Å². The molecular weight excluding hydrogens is 312 g/mol. The molecule has 23 heavy (non-hydrogen) atoms. The number of nitrogens with zero attached hydrogens (tertiary/aromatic N) is 2. The van der Waals surface area contributed by atoms with Crippen LogP contribution in [-0.2, 0) is 21.2 Å². The first-order valence-corrected chi connectivity index (χ1v) is 9.72. The molecule has 6 heteroatoms. The zero-order valence-electron chi connectivity index (χ0n) is 13.8. The summed E-state index contributed by atoms with van der Waals surface area (Å²) in [5.74, 6) is 0.359. The second kappa shape index (κ2) is 6.24. The third kappa shape index (κ3) is 3.02. The summed E-state index contributed by atoms with van der Waals surface area (Å²) in [5, 5.41) is 0. The smallest absolute Gasteiger partial charge is 0.242 e. The molecule has 126 valence electrons. The molecular formula is C17H24N2O3S. The van der Waals surface area contributed by atoms with Crippen molar-refractivity contribution in [2.45, 2.75) is 43.4 Å². The fourth-order valence-electron chi connectivity index (χ4n) is 3.57. The van der Waals surface area contributed by atoms with Crippen LogP contribution in [0.3, 0.4) is 0 Å². The highest BCUT2D eigenvalue weighted by Crippen LogP contribution is 2.34. The van der Waals surface area contributed by atoms with Crippen molar-refractivity contribution < 1.29 is 13.2 Å². The highest BCUT2D eigenvalue weighted by atomic mass is 32.2. The zero-order valence-corrected chi connectivity index (χ0v) is 14.6. The van der Waals surface area contributed by atoms with Gasteiger partial charge in [-0.15, -0.1) is 0 Å². The minimum absolute atomic E-state index is 0.145. The third-order valence-corrected chi connectivity index (χ3v) is 6.73. The van der Waals surface area contributed by atoms with Gasteiger partial charge in [0, 0.05) is 32.2 Å². The van der Waals surface area contributed by atoms with Crippen LogP contribution in [0.4, 0.5) is 5.69 Å². The predicted molar refractivity (Wildman–Crippen MR) is 89.9 cm³/mol. The van der Waals surface area contributed by atoms with Crippen LogP contribution in [-0.4, -0.2) is 39.3 Å². The van der Waals surface area contributed by atoms with E-state index in [4.69, 9.17) is 0 Å². The van der Waals surface area contributed by atoms with Crippen molar-refractivity contribution in [3.63, 3.8) is 0 Å². The fraction of sp³-hybridized carbons (Fsp3) is 0.588. The Balaban J connectivity index is 1.93. The normalized spacial score (nSPS) is 19.2. The average Bonchev–Trinajstić information content (AvgIpc) is 3.07. The molecule has 2 aliphatic rings. The molecule has 0 bridgehead atoms. The Morgan fingerprint density at radius 3 is 2.52 bits per heavy atom. The molecule has 1 aromatic carbocycles. The molecule has 3 rings (SSSR count). The van der Waals surface area contributed by atoms with Crippen LogP contribution < -0.4 is 4.90 Å². The van der Waals surface area contributed by atoms with Crippen molar-refractivity contribution in [1.29, 1.82) is 0 Å². The summed E-state index contributed by atoms with van der Waals surface area (Å²) in [6, 6.07) is 5.16. The molecule has 0 unspecified atom stereocenters. The Bertz CT molecular complexity index is 707. The van der Waals surface area contributed by atoms with E-state index in [-0.39, 0.29) is 11.8 Å². The molecule has 1 aliphatic carbocycles. The lowest BCUT2D eigenvalue weighted by atomic mass is 9.99. The molecule has 1 saturated carbocycles. The van der Waals surface area contributed by atoms with Gasteiger partial charge in [0.25, 0.3) is 0 Å². The van der Waals surface area contributed by atoms with Crippen molar-refractivity contribution in [1.82, 2.24) is 4.31 Å². The van der Waals surface area contributed by atoms with Crippen molar-refractivity contribution in [3.05, 3.63) is 23.8 Å². The number of carbonyl (C=O) groups is 1. The lowest BCUT2D eigenvalue weighted by Crippen LogP contribution is -2.39. The molecule has 1 aliphatic heterocycles. The van der Waals surface area contributed by atoms with Crippen molar-refractivity contribution in [3.8, 4) is 0 Å². The summed E-state index contributed by atoms with van der Waals surface area (Å²) >= 11 is 0. The minimum Gasteiger partial charge on any atom is -0.312 e. The summed E-state index contributed by atoms with van der Waals surface area (Å²) in [5.41, 5.74) is 1.86. The maximum atomic E-state index is 12.8. The van der Waals surface area contributed by atoms with Gasteiger partial charge < -0.3 is 4.90 Å². The second-order valence-corrected chi connectivity index (χ2v) is 8.80. The molecule has 5 nitrogen and oxygen atoms in total. The number of rotatable bonds is 3. The first-order valence-electron chi connectivity index (χ1n) is 8.28. The van der Waals surface area contributed by atoms with E-state index in [9.17, 15) is 13.2 Å². The molecule has 1 heterocycles. The maximum absolute atomic E-state index is 12.8. The number of anilines is 1. The number of amides is 1. The van der Waals surface area contributed by atoms with E-state index in [0.717, 1.165) is 56.3 Å². The largest absolute Gasteiger partial charge is 0.312 e. The highest BCUT2D eigenvalue weighted by Gasteiger charge is 2.31. The van der Waals surface area contributed by atoms with Gasteiger partial charge in [-0.3, -0.25) is 4.79 Å². The van der Waals surface area contributed by atoms with Crippen LogP contribution in [0.2, 0.25) is 0 Å². The quantitative estimate of drug-likeness (QED) is 0.852. The van der Waals surface area contributed by atoms with Gasteiger partial charge in [-0.1, -0.05) is 12.8 Å². The second-order valence-electron chi connectivity index (χ2n) is 6.65. The van der Waals surface area contributed by atoms with Crippen LogP contribution in [0.15, 0.2) is 23.1 Å². The van der Waals surface area contributed by atoms with Gasteiger partial charge in [-0.2, -0.15) is 0 Å². The Morgan fingerprint density at radius 2 is 1.87 bits per heavy atom. The molecule has 1 aromatic rings. The molecule has 0 radical (unpaired) electrons. The molecule has 1 fully saturated rings. The van der Waals surface area contributed by atoms with E-state index < -0.39 is 10.0 Å². The number of sulfonamides is 1. The van der Waals surface area contributed by atoms with Crippen LogP contribution >= 0.6 is 0 Å². The number of hydrogen-bond donors (Lipinski definition) is 0. The van der Waals surface area contributed by atoms with Gasteiger partial charge in [0.1, 0.15) is 0 Å². The summed E-state index contributed by atoms with van der Waals surface area (Å²) in [6.45, 7) is 0.738. The number of hydrogen-bond acceptors (Lipinski definition) is 3. The van der Waals surface area contributed by atoms with E-state index in [1.54, 1.807) is 18.2 Å². The van der Waals surface area contributed by atoms with Crippen LogP contribution in [0.1, 0.15) is 37.7 Å². The fourth-order valence-corrected chi connectivity index (χ4v) is 4.52. The monoisotopic (exact) mass is 336 g/mol. The first-order chi connectivity index (χ1) is 10.9. The SMILES string of the molecule is CN(C)S(=O)(=O)c1ccc2c(c1)CCCN2C(=O)C1CCCC1. The summed E-state index contributed by atoms with van der Waals surface area (Å²) in [7, 11) is -0.369. The van der Waals surface area contributed by atoms with Crippen molar-refractivity contribution in [2.24, 2.45) is 5.92 Å². The summed E-state index contributed by atoms with van der Waals surface area (Å²) < 4.78 is 25.8. The van der Waals surface area contributed by atoms with E-state index in [1.165, 1.54) is 18.4 Å². The Kier molecular flexibility index (Phi) is 4.47. The van der Waals surface area contributed by atoms with Gasteiger partial charge in [-0.25, -0.2) is 12.7 Å². The topological polar surface area (TPSA) is 57.7 Å². The number of benzene rings is 1. The predicted octanol–water partition coefficient (Wildman–Crippen LogP) is 2.41. The van der Waals surface area contributed by atoms with Gasteiger partial charge in [0.05, 0.1) is 4.90 Å². The molecule has 0 N–H and O–H groups in total. The molecule has 0 atom stereocenters. The summed E-state index contributed by atoms with van der Waals surface area (Å²) in [4.78, 5) is 14.9. The molecule has 1 amide bonds. The third-order valence-electron chi connectivity index (χ3n) is 4.92. The maximum Gasteiger partial charge on any atom is 0.242 e. The Labute approximate surface area is 138 Å². The average molecular weight is 336 g/mol. The van der Waals surface area contributed by atoms with E-state index in [2.05, 4.69) is 0 Å². The van der Waals surface area contributed by atoms with Gasteiger partial charge >= 0.3 is 0 Å². The van der Waals surface area contributed by atoms with Crippen molar-refractivity contribution in [2.75, 3.05) is 25.5 Å². The Morgan fingerprint density at radius 1 is 1.17 bits per heavy atom. The lowest BCUT2D eigenvalue weighted by molar-refractivity contribution is -0.122. The van der Waals surface area contributed by atoms with E-state index >= 15 is 0 Å². The molecule has 0 aromatic heterocycles. The van der Waals surface area contributed by atoms with Crippen LogP contribution in [0, 0.1) is 5.92 Å². The van der Waals surface area contributed by atoms with Gasteiger partial charge in [0.2, 0.25) is 15.9 Å². The van der Waals surface area contributed by atoms with Gasteiger partial charge in [0.15, 0.2) is 0 Å². The highest BCUT2D eigenvalue weighted by molar-refractivity contribution is 7.89. The van der Waals surface area contributed by atoms with Crippen LogP contribution in [0.5, 0.6) is 0 Å². The van der Waals surface area contributed by atoms with E-state index in [1.807, 2.05) is 4.90 Å². The Hall–Kier alpha value is -1.40. The minimum atomic E-state index is -3.43. The molecule has 0 spiro atoms. The standard InChI is InChI=1S/C17H24N2O3S/c1-18(2)23(21,22)15-9-10-16-14(12-15)8-5-11-19(16)17(20)13-6-3-4-7-13/h9-10,12-13H,3-8,11H2,1-2H3. The number of aryl methyl sites for hydroxylation is 1.